The van der Waals surface area contributed by atoms with Crippen molar-refractivity contribution in [2.75, 3.05) is 32.7 Å². The lowest BCUT2D eigenvalue weighted by atomic mass is 10.1. The maximum absolute atomic E-state index is 11.2. The van der Waals surface area contributed by atoms with Crippen LogP contribution in [-0.4, -0.2) is 104 Å². The third-order valence-corrected chi connectivity index (χ3v) is 14.6. The van der Waals surface area contributed by atoms with Gasteiger partial charge in [-0.3, -0.25) is 4.18 Å². The molecule has 4 aromatic heterocycles. The normalized spacial score (nSPS) is 15.6. The second-order valence-corrected chi connectivity index (χ2v) is 31.6. The zero-order chi connectivity index (χ0) is 46.9. The molecular weight excluding hydrogens is 897 g/mol. The Kier molecular flexibility index (Phi) is 15.8. The monoisotopic (exact) mass is 956 g/mol. The molecule has 66 heavy (non-hydrogen) atoms. The third kappa shape index (κ3) is 14.3. The van der Waals surface area contributed by atoms with E-state index in [1.54, 1.807) is 36.9 Å². The van der Waals surface area contributed by atoms with Crippen LogP contribution in [0.3, 0.4) is 0 Å². The van der Waals surface area contributed by atoms with E-state index in [9.17, 15) is 13.5 Å². The minimum absolute atomic E-state index is 0.00777. The second-order valence-electron chi connectivity index (χ2n) is 18.7. The van der Waals surface area contributed by atoms with Crippen LogP contribution in [0.25, 0.3) is 22.5 Å². The van der Waals surface area contributed by atoms with Crippen LogP contribution in [0, 0.1) is 0 Å². The topological polar surface area (TPSA) is 180 Å². The van der Waals surface area contributed by atoms with E-state index in [-0.39, 0.29) is 25.4 Å². The number of nitrogens with zero attached hydrogens (tertiary/aromatic N) is 6. The molecule has 0 saturated heterocycles. The lowest BCUT2D eigenvalue weighted by Gasteiger charge is -2.16. The lowest BCUT2D eigenvalue weighted by molar-refractivity contribution is 0.0797. The molecule has 0 fully saturated rings. The maximum atomic E-state index is 11.2. The first kappa shape index (κ1) is 48.5. The molecule has 0 spiro atoms. The fourth-order valence-electron chi connectivity index (χ4n) is 6.93. The van der Waals surface area contributed by atoms with Gasteiger partial charge in [0.05, 0.1) is 24.3 Å². The molecule has 0 bridgehead atoms. The van der Waals surface area contributed by atoms with Crippen molar-refractivity contribution in [2.45, 2.75) is 89.9 Å². The molecule has 8 rings (SSSR count). The van der Waals surface area contributed by atoms with Gasteiger partial charge in [0.25, 0.3) is 10.1 Å². The number of fused-ring (bicyclic) bond motifs is 2. The van der Waals surface area contributed by atoms with Gasteiger partial charge < -0.3 is 33.5 Å². The van der Waals surface area contributed by atoms with E-state index in [0.29, 0.717) is 55.3 Å². The van der Waals surface area contributed by atoms with Gasteiger partial charge in [-0.05, 0) is 59.6 Å². The zero-order valence-corrected chi connectivity index (χ0v) is 41.5. The predicted molar refractivity (Wildman–Crippen MR) is 256 cm³/mol. The molecule has 0 aliphatic carbocycles. The van der Waals surface area contributed by atoms with Gasteiger partial charge >= 0.3 is 0 Å². The van der Waals surface area contributed by atoms with Crippen LogP contribution in [0.2, 0.25) is 51.4 Å². The van der Waals surface area contributed by atoms with Crippen LogP contribution in [0.15, 0.2) is 97.6 Å². The number of aliphatic hydroxyl groups is 1. The van der Waals surface area contributed by atoms with E-state index in [4.69, 9.17) is 32.6 Å². The molecule has 0 radical (unpaired) electrons. The van der Waals surface area contributed by atoms with Crippen LogP contribution < -0.4 is 18.9 Å². The van der Waals surface area contributed by atoms with Crippen molar-refractivity contribution in [3.8, 4) is 57.3 Å². The number of aromatic nitrogens is 6. The average Bonchev–Trinajstić information content (AvgIpc) is 4.10. The second kappa shape index (κ2) is 21.5. The molecule has 2 atom stereocenters. The Bertz CT molecular complexity index is 2630. The molecular formula is C47H60N6O10SSi2. The fraction of sp³-hybridized carbons (Fsp3) is 0.404. The van der Waals surface area contributed by atoms with Crippen LogP contribution in [0.4, 0.5) is 0 Å². The maximum Gasteiger partial charge on any atom is 0.264 e. The number of rotatable bonds is 20. The Hall–Kier alpha value is -5.42. The Balaban J connectivity index is 0.000000198. The highest BCUT2D eigenvalue weighted by Gasteiger charge is 2.26. The summed E-state index contributed by atoms with van der Waals surface area (Å²) in [7, 11) is -5.74. The zero-order valence-electron chi connectivity index (χ0n) is 38.7. The number of ether oxygens (including phenoxy) is 6. The fourth-order valence-corrected chi connectivity index (χ4v) is 8.84. The van der Waals surface area contributed by atoms with E-state index >= 15 is 0 Å². The van der Waals surface area contributed by atoms with Crippen molar-refractivity contribution < 1.29 is 46.1 Å². The summed E-state index contributed by atoms with van der Waals surface area (Å²) < 4.78 is 65.9. The largest absolute Gasteiger partial charge is 0.487 e. The third-order valence-electron chi connectivity index (χ3n) is 10.6. The Labute approximate surface area is 388 Å². The van der Waals surface area contributed by atoms with Crippen molar-refractivity contribution in [1.82, 2.24) is 29.5 Å². The summed E-state index contributed by atoms with van der Waals surface area (Å²) in [6.45, 7) is 16.3. The van der Waals surface area contributed by atoms with Gasteiger partial charge in [-0.1, -0.05) is 51.4 Å². The quantitative estimate of drug-likeness (QED) is 0.0436. The number of hydrogen-bond acceptors (Lipinski definition) is 14. The summed E-state index contributed by atoms with van der Waals surface area (Å²) in [5.41, 5.74) is 5.79. The van der Waals surface area contributed by atoms with E-state index in [1.807, 2.05) is 70.0 Å². The molecule has 0 unspecified atom stereocenters. The van der Waals surface area contributed by atoms with Crippen molar-refractivity contribution in [1.29, 1.82) is 0 Å². The van der Waals surface area contributed by atoms with Crippen molar-refractivity contribution in [3.63, 3.8) is 0 Å². The molecule has 6 heterocycles. The highest BCUT2D eigenvalue weighted by molar-refractivity contribution is 7.86. The molecule has 0 saturated carbocycles. The van der Waals surface area contributed by atoms with E-state index in [1.165, 1.54) is 0 Å². The van der Waals surface area contributed by atoms with Crippen LogP contribution in [0.1, 0.15) is 11.1 Å². The van der Waals surface area contributed by atoms with E-state index < -0.39 is 26.3 Å². The summed E-state index contributed by atoms with van der Waals surface area (Å²) in [6, 6.07) is 24.9. The number of hydrogen-bond donors (Lipinski definition) is 1. The minimum Gasteiger partial charge on any atom is -0.487 e. The Morgan fingerprint density at radius 3 is 1.56 bits per heavy atom. The standard InChI is InChI=1S/C24H31N3O6SSi.C23H29N3O4Si/c1-34(28,29)31-16-21-13-18-5-7-20(14-23(18)32-21)33-24-8-6-19(15-25-24)22-9-10-26-27(22)17-30-11-12-35(2,3)4;1-31(2,3)11-10-28-16-26-21(8-9-25-26)18-5-7-23(24-14-18)30-19-6-4-17-12-20(15-27)29-22(17)13-19/h5-10,14-15,21H,11-13,16-17H2,1-4H3;4-9,13-14,20,27H,10-12,15-16H2,1-3H3/t21-;20-/m11/s1. The van der Waals surface area contributed by atoms with Crippen molar-refractivity contribution in [2.24, 2.45) is 0 Å². The van der Waals surface area contributed by atoms with Crippen LogP contribution in [-0.2, 0) is 50.1 Å². The van der Waals surface area contributed by atoms with Gasteiger partial charge in [-0.2, -0.15) is 18.6 Å². The molecule has 0 amide bonds. The SMILES string of the molecule is C[Si](C)(C)CCOCn1nccc1-c1ccc(Oc2ccc3c(c2)O[C@@H](CO)C3)nc1.C[Si](C)(C)CCOCn1nccc1-c1ccc(Oc2ccc3c(c2)O[C@@H](COS(C)(=O)=O)C3)nc1. The number of aliphatic hydroxyl groups excluding tert-OH is 1. The van der Waals surface area contributed by atoms with Crippen LogP contribution in [0.5, 0.6) is 34.8 Å². The molecule has 2 aliphatic rings. The smallest absolute Gasteiger partial charge is 0.264 e. The number of pyridine rings is 2. The molecule has 16 nitrogen and oxygen atoms in total. The highest BCUT2D eigenvalue weighted by atomic mass is 32.2. The molecule has 2 aliphatic heterocycles. The number of benzene rings is 2. The summed E-state index contributed by atoms with van der Waals surface area (Å²) in [5.74, 6) is 3.58. The molecule has 1 N–H and O–H groups in total. The molecule has 2 aromatic carbocycles. The first-order chi connectivity index (χ1) is 31.5. The van der Waals surface area contributed by atoms with Gasteiger partial charge in [0, 0.05) is 102 Å². The molecule has 19 heteroatoms. The van der Waals surface area contributed by atoms with Gasteiger partial charge in [-0.25, -0.2) is 19.3 Å². The minimum atomic E-state index is -3.51. The predicted octanol–water partition coefficient (Wildman–Crippen LogP) is 8.67. The van der Waals surface area contributed by atoms with Gasteiger partial charge in [0.2, 0.25) is 11.8 Å². The molecule has 6 aromatic rings. The van der Waals surface area contributed by atoms with Gasteiger partial charge in [0.15, 0.2) is 0 Å². The van der Waals surface area contributed by atoms with Crippen molar-refractivity contribution in [3.05, 3.63) is 109 Å². The summed E-state index contributed by atoms with van der Waals surface area (Å²) in [6.07, 6.45) is 8.83. The molecule has 352 valence electrons. The van der Waals surface area contributed by atoms with Crippen LogP contribution >= 0.6 is 0 Å². The van der Waals surface area contributed by atoms with Gasteiger partial charge in [-0.15, -0.1) is 0 Å². The van der Waals surface area contributed by atoms with Gasteiger partial charge in [0.1, 0.15) is 55.3 Å². The first-order valence-corrected chi connectivity index (χ1v) is 31.2. The van der Waals surface area contributed by atoms with E-state index in [2.05, 4.69) is 59.4 Å². The van der Waals surface area contributed by atoms with E-state index in [0.717, 1.165) is 70.9 Å². The first-order valence-electron chi connectivity index (χ1n) is 22.0. The summed E-state index contributed by atoms with van der Waals surface area (Å²) >= 11 is 0. The highest BCUT2D eigenvalue weighted by Crippen LogP contribution is 2.36. The lowest BCUT2D eigenvalue weighted by Crippen LogP contribution is -2.22. The Morgan fingerprint density at radius 1 is 0.667 bits per heavy atom. The average molecular weight is 957 g/mol. The summed E-state index contributed by atoms with van der Waals surface area (Å²) in [4.78, 5) is 8.88. The van der Waals surface area contributed by atoms with Crippen molar-refractivity contribution >= 4 is 26.3 Å². The summed E-state index contributed by atoms with van der Waals surface area (Å²) in [5, 5.41) is 18.0. The Morgan fingerprint density at radius 2 is 1.14 bits per heavy atom.